The second-order valence-corrected chi connectivity index (χ2v) is 47.3. The molecule has 0 radical (unpaired) electrons. The Hall–Kier alpha value is -3.18. The number of benzene rings is 4. The molecule has 4 nitrogen and oxygen atoms in total. The molecule has 54 heavy (non-hydrogen) atoms. The fourth-order valence-corrected chi connectivity index (χ4v) is 39.0. The van der Waals surface area contributed by atoms with Crippen LogP contribution in [0.15, 0.2) is 96.1 Å². The molecule has 2 amide bonds. The molecule has 0 fully saturated rings. The molecule has 6 rings (SSSR count). The van der Waals surface area contributed by atoms with Crippen molar-refractivity contribution in [2.45, 2.75) is 87.4 Å². The normalized spacial score (nSPS) is 17.2. The minimum atomic E-state index is -6.10. The Morgan fingerprint density at radius 1 is 0.574 bits per heavy atom. The third kappa shape index (κ3) is 7.16. The summed E-state index contributed by atoms with van der Waals surface area (Å²) >= 11 is -6.10. The van der Waals surface area contributed by atoms with Gasteiger partial charge in [-0.1, -0.05) is 0 Å². The molecule has 0 aliphatic heterocycles. The molecule has 0 bridgehead atoms. The first-order chi connectivity index (χ1) is 25.7. The Balaban J connectivity index is 1.70. The van der Waals surface area contributed by atoms with Gasteiger partial charge in [0.05, 0.1) is 0 Å². The van der Waals surface area contributed by atoms with Gasteiger partial charge in [0, 0.05) is 0 Å². The van der Waals surface area contributed by atoms with Gasteiger partial charge in [0.2, 0.25) is 0 Å². The monoisotopic (exact) mass is 927 g/mol. The van der Waals surface area contributed by atoms with Crippen LogP contribution in [-0.2, 0) is 25.5 Å². The van der Waals surface area contributed by atoms with Crippen molar-refractivity contribution in [1.29, 1.82) is 0 Å². The van der Waals surface area contributed by atoms with Crippen LogP contribution in [0.3, 0.4) is 0 Å². The van der Waals surface area contributed by atoms with Crippen molar-refractivity contribution in [3.63, 3.8) is 0 Å². The van der Waals surface area contributed by atoms with E-state index in [9.17, 15) is 9.59 Å². The molecule has 2 N–H and O–H groups in total. The van der Waals surface area contributed by atoms with Gasteiger partial charge < -0.3 is 0 Å². The Bertz CT molecular complexity index is 1980. The molecule has 0 spiro atoms. The summed E-state index contributed by atoms with van der Waals surface area (Å²) in [6, 6.07) is 30.3. The fraction of sp³-hybridized carbons (Fsp3) is 0.348. The summed E-state index contributed by atoms with van der Waals surface area (Å²) in [5, 5.41) is 6.05. The van der Waals surface area contributed by atoms with E-state index in [4.69, 9.17) is 17.2 Å². The van der Waals surface area contributed by atoms with Crippen LogP contribution in [0, 0.1) is 11.8 Å². The predicted octanol–water partition coefficient (Wildman–Crippen LogP) is 12.4. The summed E-state index contributed by atoms with van der Waals surface area (Å²) in [4.78, 5) is 25.2. The summed E-state index contributed by atoms with van der Waals surface area (Å²) in [5.41, 5.74) is 14.0. The first-order valence-corrected chi connectivity index (χ1v) is 34.7. The number of carbonyl (C=O) groups excluding carboxylic acids is 2. The molecule has 0 heterocycles. The molecule has 0 aromatic heterocycles. The fourth-order valence-electron chi connectivity index (χ4n) is 9.49. The van der Waals surface area contributed by atoms with Crippen LogP contribution in [0.4, 0.5) is 0 Å². The summed E-state index contributed by atoms with van der Waals surface area (Å²) < 4.78 is -1.73. The Morgan fingerprint density at radius 3 is 1.30 bits per heavy atom. The van der Waals surface area contributed by atoms with Crippen LogP contribution in [-0.4, -0.2) is 17.4 Å². The number of halogens is 2. The maximum atomic E-state index is 12.6. The quantitative estimate of drug-likeness (QED) is 0.0922. The van der Waals surface area contributed by atoms with Gasteiger partial charge in [-0.3, -0.25) is 0 Å². The number of hydrogen-bond acceptors (Lipinski definition) is 2. The van der Waals surface area contributed by atoms with Gasteiger partial charge in [-0.15, -0.1) is 0 Å². The van der Waals surface area contributed by atoms with Crippen molar-refractivity contribution < 1.29 is 25.5 Å². The van der Waals surface area contributed by atoms with Gasteiger partial charge in [0.15, 0.2) is 0 Å². The third-order valence-corrected chi connectivity index (χ3v) is 40.2. The molecule has 0 saturated heterocycles. The number of fused-ring (bicyclic) bond motifs is 2. The number of amides is 2. The average Bonchev–Trinajstić information content (AvgIpc) is 3.70. The number of nitrogens with one attached hydrogen (secondary N) is 2. The molecule has 0 saturated carbocycles. The van der Waals surface area contributed by atoms with E-state index < -0.39 is 27.8 Å². The van der Waals surface area contributed by atoms with Crippen LogP contribution in [0.2, 0.25) is 0 Å². The van der Waals surface area contributed by atoms with Gasteiger partial charge in [-0.25, -0.2) is 0 Å². The molecular formula is C46H54BCl2HfN2O2. The van der Waals surface area contributed by atoms with Gasteiger partial charge in [-0.2, -0.15) is 0 Å². The Kier molecular flexibility index (Phi) is 12.1. The van der Waals surface area contributed by atoms with E-state index in [1.165, 1.54) is 33.4 Å². The molecule has 4 aromatic carbocycles. The Labute approximate surface area is 331 Å². The minimum absolute atomic E-state index is 0.311. The molecule has 2 aliphatic rings. The maximum absolute atomic E-state index is 12.6. The van der Waals surface area contributed by atoms with Crippen molar-refractivity contribution in [2.75, 3.05) is 0 Å². The number of rotatable bonds is 15. The third-order valence-electron chi connectivity index (χ3n) is 11.5. The zero-order valence-corrected chi connectivity index (χ0v) is 38.0. The average molecular weight is 927 g/mol. The molecule has 2 aliphatic carbocycles. The van der Waals surface area contributed by atoms with E-state index in [0.717, 1.165) is 46.2 Å². The van der Waals surface area contributed by atoms with Crippen LogP contribution >= 0.6 is 17.2 Å². The van der Waals surface area contributed by atoms with E-state index in [-0.39, 0.29) is 0 Å². The first kappa shape index (κ1) is 40.5. The van der Waals surface area contributed by atoms with E-state index >= 15 is 0 Å². The van der Waals surface area contributed by atoms with Crippen molar-refractivity contribution in [1.82, 2.24) is 10.5 Å². The SMILES string of the molecule is CC(C)CC1=Cc2c(-c3ccccc3C(C)C)cccc2[CH]1[Hf]([Cl])([Cl])([B](NC=O)NC=O)[CH]1C(CC(C)C)=Cc2c(-c3ccccc3C(C)C)cccc21. The van der Waals surface area contributed by atoms with Crippen molar-refractivity contribution in [3.8, 4) is 22.3 Å². The molecule has 4 aromatic rings. The van der Waals surface area contributed by atoms with E-state index in [1.807, 2.05) is 0 Å². The standard InChI is InChI=1S/2C22H25.C2H3BN2O2.2ClH.Hf/c2*1-15(2)12-17-13-18-8-7-11-21(22(18)14-17)20-10-6-5-9-19(20)16(3)4;6-1-4-3-5-2-7;;;/h2*5-11,13-16H,12H2,1-4H3;1-2H,(H-,4,5,6,7);2*1H;/q;;;;;+1/p-1. The van der Waals surface area contributed by atoms with Gasteiger partial charge in [0.1, 0.15) is 0 Å². The summed E-state index contributed by atoms with van der Waals surface area (Å²) in [6.07, 6.45) is 7.52. The zero-order chi connectivity index (χ0) is 39.0. The van der Waals surface area contributed by atoms with Gasteiger partial charge in [-0.05, 0) is 0 Å². The van der Waals surface area contributed by atoms with E-state index in [0.29, 0.717) is 36.5 Å². The van der Waals surface area contributed by atoms with Crippen molar-refractivity contribution >= 4 is 46.7 Å². The zero-order valence-electron chi connectivity index (χ0n) is 32.9. The summed E-state index contributed by atoms with van der Waals surface area (Å²) in [6.45, 7) is 17.8. The molecular weight excluding hydrogens is 873 g/mol. The van der Waals surface area contributed by atoms with Gasteiger partial charge in [0.25, 0.3) is 0 Å². The molecule has 2 atom stereocenters. The van der Waals surface area contributed by atoms with E-state index in [2.05, 4.69) is 163 Å². The topological polar surface area (TPSA) is 58.2 Å². The second kappa shape index (κ2) is 16.1. The van der Waals surface area contributed by atoms with Crippen molar-refractivity contribution in [2.24, 2.45) is 11.8 Å². The van der Waals surface area contributed by atoms with E-state index in [1.54, 1.807) is 0 Å². The molecule has 8 heteroatoms. The van der Waals surface area contributed by atoms with Crippen LogP contribution in [0.25, 0.3) is 34.4 Å². The number of allylic oxidation sites excluding steroid dienone is 2. The summed E-state index contributed by atoms with van der Waals surface area (Å²) in [5.74, 6) is 1.27. The first-order valence-electron chi connectivity index (χ1n) is 19.5. The molecule has 2 unspecified atom stereocenters. The predicted molar refractivity (Wildman–Crippen MR) is 228 cm³/mol. The van der Waals surface area contributed by atoms with Crippen molar-refractivity contribution in [3.05, 3.63) is 129 Å². The number of carbonyl (C=O) groups is 2. The van der Waals surface area contributed by atoms with Gasteiger partial charge >= 0.3 is 334 Å². The van der Waals surface area contributed by atoms with Crippen LogP contribution < -0.4 is 10.5 Å². The second-order valence-electron chi connectivity index (χ2n) is 16.8. The van der Waals surface area contributed by atoms with Crippen LogP contribution in [0.1, 0.15) is 121 Å². The van der Waals surface area contributed by atoms with Crippen LogP contribution in [0.5, 0.6) is 0 Å². The Morgan fingerprint density at radius 2 is 0.944 bits per heavy atom. The number of hydrogen-bond donors (Lipinski definition) is 2. The summed E-state index contributed by atoms with van der Waals surface area (Å²) in [7, 11) is 17.5. The molecule has 281 valence electrons.